The van der Waals surface area contributed by atoms with Gasteiger partial charge in [0, 0.05) is 12.1 Å². The van der Waals surface area contributed by atoms with Crippen LogP contribution in [0.25, 0.3) is 0 Å². The number of nitrogens with two attached hydrogens (primary N) is 1. The number of hydrogen-bond donors (Lipinski definition) is 1. The molecule has 21 heavy (non-hydrogen) atoms. The van der Waals surface area contributed by atoms with Crippen LogP contribution in [0.1, 0.15) is 37.2 Å². The van der Waals surface area contributed by atoms with Crippen LogP contribution in [0.4, 0.5) is 13.2 Å². The Morgan fingerprint density at radius 3 is 2.67 bits per heavy atom. The molecule has 1 aliphatic rings. The molecule has 1 heterocycles. The van der Waals surface area contributed by atoms with Crippen molar-refractivity contribution >= 4 is 0 Å². The third-order valence-corrected chi connectivity index (χ3v) is 4.66. The van der Waals surface area contributed by atoms with E-state index in [1.54, 1.807) is 0 Å². The molecule has 1 fully saturated rings. The SMILES string of the molecule is Cc1ccc(CN(C)C2(CN)CCCC(C(F)(F)F)C2)o1. The number of likely N-dealkylation sites (N-methyl/N-ethyl adjacent to an activating group) is 1. The molecule has 0 bridgehead atoms. The zero-order valence-electron chi connectivity index (χ0n) is 12.5. The first-order valence-electron chi connectivity index (χ1n) is 7.30. The molecule has 120 valence electrons. The van der Waals surface area contributed by atoms with Crippen LogP contribution in [0, 0.1) is 12.8 Å². The maximum atomic E-state index is 13.0. The van der Waals surface area contributed by atoms with Crippen LogP contribution in [0.5, 0.6) is 0 Å². The lowest BCUT2D eigenvalue weighted by molar-refractivity contribution is -0.193. The van der Waals surface area contributed by atoms with Gasteiger partial charge in [-0.3, -0.25) is 4.90 Å². The van der Waals surface area contributed by atoms with Gasteiger partial charge in [-0.15, -0.1) is 0 Å². The Kier molecular flexibility index (Phi) is 4.68. The summed E-state index contributed by atoms with van der Waals surface area (Å²) in [5, 5.41) is 0. The van der Waals surface area contributed by atoms with Crippen LogP contribution in [0.2, 0.25) is 0 Å². The Hall–Kier alpha value is -1.01. The lowest BCUT2D eigenvalue weighted by Crippen LogP contribution is -2.55. The third-order valence-electron chi connectivity index (χ3n) is 4.66. The van der Waals surface area contributed by atoms with Gasteiger partial charge in [-0.1, -0.05) is 6.42 Å². The summed E-state index contributed by atoms with van der Waals surface area (Å²) in [5.41, 5.74) is 5.27. The molecule has 2 atom stereocenters. The molecule has 1 aromatic heterocycles. The number of hydrogen-bond acceptors (Lipinski definition) is 3. The minimum absolute atomic E-state index is 0.0726. The zero-order chi connectivity index (χ0) is 15.7. The fourth-order valence-electron chi connectivity index (χ4n) is 3.28. The molecular formula is C15H23F3N2O. The average Bonchev–Trinajstić information content (AvgIpc) is 2.83. The summed E-state index contributed by atoms with van der Waals surface area (Å²) >= 11 is 0. The molecular weight excluding hydrogens is 281 g/mol. The number of alkyl halides is 3. The van der Waals surface area contributed by atoms with E-state index in [-0.39, 0.29) is 19.4 Å². The third kappa shape index (κ3) is 3.61. The van der Waals surface area contributed by atoms with Crippen molar-refractivity contribution in [2.45, 2.75) is 50.9 Å². The van der Waals surface area contributed by atoms with Crippen molar-refractivity contribution in [1.82, 2.24) is 4.90 Å². The van der Waals surface area contributed by atoms with Crippen molar-refractivity contribution in [2.75, 3.05) is 13.6 Å². The number of nitrogens with zero attached hydrogens (tertiary/aromatic N) is 1. The van der Waals surface area contributed by atoms with Gasteiger partial charge in [0.1, 0.15) is 11.5 Å². The van der Waals surface area contributed by atoms with Crippen LogP contribution in [-0.2, 0) is 6.54 Å². The largest absolute Gasteiger partial charge is 0.465 e. The fourth-order valence-corrected chi connectivity index (χ4v) is 3.28. The lowest BCUT2D eigenvalue weighted by atomic mass is 9.74. The predicted octanol–water partition coefficient (Wildman–Crippen LogP) is 3.47. The molecule has 0 saturated heterocycles. The van der Waals surface area contributed by atoms with Crippen molar-refractivity contribution in [3.63, 3.8) is 0 Å². The van der Waals surface area contributed by atoms with E-state index in [1.807, 2.05) is 31.0 Å². The highest BCUT2D eigenvalue weighted by Crippen LogP contribution is 2.43. The van der Waals surface area contributed by atoms with Gasteiger partial charge in [-0.05, 0) is 45.4 Å². The van der Waals surface area contributed by atoms with Gasteiger partial charge in [0.05, 0.1) is 12.5 Å². The molecule has 3 nitrogen and oxygen atoms in total. The van der Waals surface area contributed by atoms with Crippen LogP contribution in [0.15, 0.2) is 16.5 Å². The van der Waals surface area contributed by atoms with Gasteiger partial charge in [-0.2, -0.15) is 13.2 Å². The first-order chi connectivity index (χ1) is 9.77. The van der Waals surface area contributed by atoms with Crippen LogP contribution < -0.4 is 5.73 Å². The van der Waals surface area contributed by atoms with Gasteiger partial charge in [0.15, 0.2) is 0 Å². The Morgan fingerprint density at radius 1 is 1.43 bits per heavy atom. The molecule has 1 aromatic rings. The molecule has 0 radical (unpaired) electrons. The van der Waals surface area contributed by atoms with E-state index in [1.165, 1.54) is 0 Å². The summed E-state index contributed by atoms with van der Waals surface area (Å²) in [6.45, 7) is 2.56. The summed E-state index contributed by atoms with van der Waals surface area (Å²) < 4.78 is 44.6. The molecule has 0 spiro atoms. The van der Waals surface area contributed by atoms with Gasteiger partial charge < -0.3 is 10.2 Å². The summed E-state index contributed by atoms with van der Waals surface area (Å²) in [6, 6.07) is 3.72. The number of halogens is 3. The Labute approximate surface area is 123 Å². The molecule has 6 heteroatoms. The molecule has 2 unspecified atom stereocenters. The van der Waals surface area contributed by atoms with Crippen molar-refractivity contribution in [2.24, 2.45) is 11.7 Å². The molecule has 2 rings (SSSR count). The highest BCUT2D eigenvalue weighted by molar-refractivity contribution is 5.07. The Bertz CT molecular complexity index is 472. The normalized spacial score (nSPS) is 27.3. The Morgan fingerprint density at radius 2 is 2.14 bits per heavy atom. The van der Waals surface area contributed by atoms with Crippen LogP contribution in [0.3, 0.4) is 0 Å². The van der Waals surface area contributed by atoms with Gasteiger partial charge in [0.2, 0.25) is 0 Å². The van der Waals surface area contributed by atoms with Gasteiger partial charge >= 0.3 is 6.18 Å². The number of aryl methyl sites for hydroxylation is 1. The molecule has 2 N–H and O–H groups in total. The van der Waals surface area contributed by atoms with E-state index in [9.17, 15) is 13.2 Å². The van der Waals surface area contributed by atoms with E-state index in [0.717, 1.165) is 11.5 Å². The van der Waals surface area contributed by atoms with Crippen LogP contribution in [-0.4, -0.2) is 30.2 Å². The standard InChI is InChI=1S/C15H23F3N2O/c1-11-5-6-13(21-11)9-20(2)14(10-19)7-3-4-12(8-14)15(16,17)18/h5-6,12H,3-4,7-10,19H2,1-2H3. The molecule has 1 saturated carbocycles. The van der Waals surface area contributed by atoms with Crippen molar-refractivity contribution in [3.8, 4) is 0 Å². The minimum Gasteiger partial charge on any atom is -0.465 e. The number of rotatable bonds is 4. The molecule has 0 amide bonds. The minimum atomic E-state index is -4.14. The molecule has 0 aliphatic heterocycles. The zero-order valence-corrected chi connectivity index (χ0v) is 12.5. The smallest absolute Gasteiger partial charge is 0.391 e. The predicted molar refractivity (Wildman–Crippen MR) is 74.7 cm³/mol. The van der Waals surface area contributed by atoms with Crippen LogP contribution >= 0.6 is 0 Å². The van der Waals surface area contributed by atoms with E-state index in [4.69, 9.17) is 10.2 Å². The van der Waals surface area contributed by atoms with Crippen molar-refractivity contribution < 1.29 is 17.6 Å². The quantitative estimate of drug-likeness (QED) is 0.926. The molecule has 0 aromatic carbocycles. The fraction of sp³-hybridized carbons (Fsp3) is 0.733. The van der Waals surface area contributed by atoms with Gasteiger partial charge in [-0.25, -0.2) is 0 Å². The highest BCUT2D eigenvalue weighted by atomic mass is 19.4. The molecule has 1 aliphatic carbocycles. The second-order valence-corrected chi connectivity index (χ2v) is 6.13. The Balaban J connectivity index is 2.12. The van der Waals surface area contributed by atoms with Crippen molar-refractivity contribution in [3.05, 3.63) is 23.7 Å². The summed E-state index contributed by atoms with van der Waals surface area (Å²) in [4.78, 5) is 1.93. The maximum absolute atomic E-state index is 13.0. The van der Waals surface area contributed by atoms with E-state index >= 15 is 0 Å². The lowest BCUT2D eigenvalue weighted by Gasteiger charge is -2.46. The number of furan rings is 1. The first-order valence-corrected chi connectivity index (χ1v) is 7.30. The highest BCUT2D eigenvalue weighted by Gasteiger charge is 2.48. The van der Waals surface area contributed by atoms with Gasteiger partial charge in [0.25, 0.3) is 0 Å². The summed E-state index contributed by atoms with van der Waals surface area (Å²) in [6.07, 6.45) is -2.60. The van der Waals surface area contributed by atoms with E-state index in [2.05, 4.69) is 0 Å². The monoisotopic (exact) mass is 304 g/mol. The topological polar surface area (TPSA) is 42.4 Å². The summed E-state index contributed by atoms with van der Waals surface area (Å²) in [7, 11) is 1.84. The van der Waals surface area contributed by atoms with E-state index < -0.39 is 17.6 Å². The average molecular weight is 304 g/mol. The van der Waals surface area contributed by atoms with E-state index in [0.29, 0.717) is 19.4 Å². The maximum Gasteiger partial charge on any atom is 0.391 e. The second-order valence-electron chi connectivity index (χ2n) is 6.13. The second kappa shape index (κ2) is 6.01. The van der Waals surface area contributed by atoms with Crippen molar-refractivity contribution in [1.29, 1.82) is 0 Å². The summed E-state index contributed by atoms with van der Waals surface area (Å²) in [5.74, 6) is 0.310. The first kappa shape index (κ1) is 16.4.